The van der Waals surface area contributed by atoms with Crippen molar-refractivity contribution in [2.45, 2.75) is 19.8 Å². The topological polar surface area (TPSA) is 43.3 Å². The summed E-state index contributed by atoms with van der Waals surface area (Å²) < 4.78 is 2.13. The lowest BCUT2D eigenvalue weighted by Gasteiger charge is -2.00. The summed E-state index contributed by atoms with van der Waals surface area (Å²) in [4.78, 5) is 4.38. The number of imidazole rings is 1. The fourth-order valence-electron chi connectivity index (χ4n) is 1.61. The van der Waals surface area contributed by atoms with E-state index in [0.29, 0.717) is 0 Å². The summed E-state index contributed by atoms with van der Waals surface area (Å²) in [6, 6.07) is 4.24. The second-order valence-corrected chi connectivity index (χ2v) is 3.57. The normalized spacial score (nSPS) is 11.0. The van der Waals surface area contributed by atoms with Crippen LogP contribution < -0.4 is 5.73 Å². The van der Waals surface area contributed by atoms with Gasteiger partial charge in [0.25, 0.3) is 0 Å². The van der Waals surface area contributed by atoms with Gasteiger partial charge in [-0.2, -0.15) is 0 Å². The molecule has 2 aromatic rings. The van der Waals surface area contributed by atoms with Gasteiger partial charge in [-0.05, 0) is 37.6 Å². The Balaban J connectivity index is 2.37. The minimum atomic E-state index is 0.723. The number of nitrogens with zero attached hydrogens (tertiary/aromatic N) is 2. The molecule has 2 N–H and O–H groups in total. The zero-order chi connectivity index (χ0) is 9.97. The van der Waals surface area contributed by atoms with E-state index >= 15 is 0 Å². The molecule has 14 heavy (non-hydrogen) atoms. The molecule has 0 amide bonds. The van der Waals surface area contributed by atoms with Gasteiger partial charge in [0.15, 0.2) is 0 Å². The van der Waals surface area contributed by atoms with Crippen LogP contribution in [0.2, 0.25) is 0 Å². The summed E-state index contributed by atoms with van der Waals surface area (Å²) in [6.07, 6.45) is 5.93. The Morgan fingerprint density at radius 2 is 2.36 bits per heavy atom. The minimum absolute atomic E-state index is 0.723. The predicted molar refractivity (Wildman–Crippen MR) is 57.3 cm³/mol. The lowest BCUT2D eigenvalue weighted by molar-refractivity contribution is 0.778. The molecule has 3 nitrogen and oxygen atoms in total. The van der Waals surface area contributed by atoms with Crippen molar-refractivity contribution in [3.8, 4) is 0 Å². The average molecular weight is 189 g/mol. The molecule has 0 bridgehead atoms. The van der Waals surface area contributed by atoms with Gasteiger partial charge in [-0.25, -0.2) is 4.98 Å². The van der Waals surface area contributed by atoms with Gasteiger partial charge < -0.3 is 10.1 Å². The van der Waals surface area contributed by atoms with Crippen molar-refractivity contribution in [2.75, 3.05) is 6.54 Å². The van der Waals surface area contributed by atoms with Crippen LogP contribution in [0.3, 0.4) is 0 Å². The molecule has 2 heterocycles. The summed E-state index contributed by atoms with van der Waals surface area (Å²) in [6.45, 7) is 2.81. The highest BCUT2D eigenvalue weighted by Gasteiger charge is 2.01. The third-order valence-electron chi connectivity index (χ3n) is 2.37. The molecular formula is C11H15N3. The Kier molecular flexibility index (Phi) is 2.50. The molecular weight excluding hydrogens is 174 g/mol. The van der Waals surface area contributed by atoms with Gasteiger partial charge in [0, 0.05) is 12.6 Å². The molecule has 3 heteroatoms. The third kappa shape index (κ3) is 1.63. The smallest absolute Gasteiger partial charge is 0.113 e. The van der Waals surface area contributed by atoms with Gasteiger partial charge in [0.1, 0.15) is 5.82 Å². The molecule has 0 saturated carbocycles. The van der Waals surface area contributed by atoms with E-state index in [2.05, 4.69) is 34.6 Å². The van der Waals surface area contributed by atoms with Crippen LogP contribution in [0.1, 0.15) is 17.8 Å². The van der Waals surface area contributed by atoms with Crippen molar-refractivity contribution in [3.05, 3.63) is 35.9 Å². The second-order valence-electron chi connectivity index (χ2n) is 3.57. The Bertz CT molecular complexity index is 431. The Labute approximate surface area is 83.6 Å². The highest BCUT2D eigenvalue weighted by atomic mass is 15.0. The Morgan fingerprint density at radius 3 is 3.14 bits per heavy atom. The largest absolute Gasteiger partial charge is 0.330 e. The van der Waals surface area contributed by atoms with Gasteiger partial charge in [0.2, 0.25) is 0 Å². The van der Waals surface area contributed by atoms with Gasteiger partial charge in [0.05, 0.1) is 11.7 Å². The van der Waals surface area contributed by atoms with Crippen LogP contribution in [-0.4, -0.2) is 15.9 Å². The molecule has 74 valence electrons. The summed E-state index contributed by atoms with van der Waals surface area (Å²) in [5, 5.41) is 0. The lowest BCUT2D eigenvalue weighted by Crippen LogP contribution is -2.03. The summed E-state index contributed by atoms with van der Waals surface area (Å²) in [5.74, 6) is 1.10. The molecule has 2 rings (SSSR count). The van der Waals surface area contributed by atoms with Crippen molar-refractivity contribution >= 4 is 5.52 Å². The lowest BCUT2D eigenvalue weighted by atomic mass is 10.2. The molecule has 0 aromatic carbocycles. The van der Waals surface area contributed by atoms with Crippen molar-refractivity contribution < 1.29 is 0 Å². The van der Waals surface area contributed by atoms with Crippen LogP contribution >= 0.6 is 0 Å². The van der Waals surface area contributed by atoms with Gasteiger partial charge in [-0.3, -0.25) is 0 Å². The third-order valence-corrected chi connectivity index (χ3v) is 2.37. The van der Waals surface area contributed by atoms with E-state index in [-0.39, 0.29) is 0 Å². The summed E-state index contributed by atoms with van der Waals surface area (Å²) >= 11 is 0. The van der Waals surface area contributed by atoms with Crippen molar-refractivity contribution in [3.63, 3.8) is 0 Å². The monoisotopic (exact) mass is 189 g/mol. The zero-order valence-electron chi connectivity index (χ0n) is 8.40. The average Bonchev–Trinajstić information content (AvgIpc) is 2.57. The second kappa shape index (κ2) is 3.80. The first kappa shape index (κ1) is 9.21. The minimum Gasteiger partial charge on any atom is -0.330 e. The van der Waals surface area contributed by atoms with E-state index in [1.807, 2.05) is 6.20 Å². The molecule has 2 aromatic heterocycles. The summed E-state index contributed by atoms with van der Waals surface area (Å²) in [7, 11) is 0. The van der Waals surface area contributed by atoms with Crippen LogP contribution in [0.15, 0.2) is 24.5 Å². The first-order valence-corrected chi connectivity index (χ1v) is 4.94. The molecule has 0 aliphatic heterocycles. The SMILES string of the molecule is Cc1ccn2c(CCCN)ncc2c1. The Morgan fingerprint density at radius 1 is 1.50 bits per heavy atom. The van der Waals surface area contributed by atoms with E-state index in [9.17, 15) is 0 Å². The van der Waals surface area contributed by atoms with Crippen molar-refractivity contribution in [2.24, 2.45) is 5.73 Å². The fourth-order valence-corrected chi connectivity index (χ4v) is 1.61. The number of aryl methyl sites for hydroxylation is 2. The molecule has 0 unspecified atom stereocenters. The van der Waals surface area contributed by atoms with E-state index < -0.39 is 0 Å². The first-order valence-electron chi connectivity index (χ1n) is 4.94. The molecule has 0 aliphatic carbocycles. The predicted octanol–water partition coefficient (Wildman–Crippen LogP) is 1.53. The number of rotatable bonds is 3. The molecule has 0 spiro atoms. The van der Waals surface area contributed by atoms with Gasteiger partial charge in [-0.1, -0.05) is 0 Å². The number of aromatic nitrogens is 2. The van der Waals surface area contributed by atoms with Gasteiger partial charge in [-0.15, -0.1) is 0 Å². The van der Waals surface area contributed by atoms with Crippen LogP contribution in [0, 0.1) is 6.92 Å². The zero-order valence-corrected chi connectivity index (χ0v) is 8.40. The highest BCUT2D eigenvalue weighted by molar-refractivity contribution is 5.48. The number of fused-ring (bicyclic) bond motifs is 1. The molecule has 0 atom stereocenters. The molecule has 0 aliphatic rings. The number of hydrogen-bond donors (Lipinski definition) is 1. The van der Waals surface area contributed by atoms with Crippen molar-refractivity contribution in [1.29, 1.82) is 0 Å². The molecule has 0 fully saturated rings. The Hall–Kier alpha value is -1.35. The number of pyridine rings is 1. The van der Waals surface area contributed by atoms with Crippen LogP contribution in [0.5, 0.6) is 0 Å². The number of nitrogens with two attached hydrogens (primary N) is 1. The standard InChI is InChI=1S/C11H15N3/c1-9-4-6-14-10(7-9)8-13-11(14)3-2-5-12/h4,6-8H,2-3,5,12H2,1H3. The van der Waals surface area contributed by atoms with E-state index in [0.717, 1.165) is 30.7 Å². The van der Waals surface area contributed by atoms with E-state index in [4.69, 9.17) is 5.73 Å². The van der Waals surface area contributed by atoms with Crippen LogP contribution in [-0.2, 0) is 6.42 Å². The van der Waals surface area contributed by atoms with Crippen LogP contribution in [0.25, 0.3) is 5.52 Å². The fraction of sp³-hybridized carbons (Fsp3) is 0.364. The highest BCUT2D eigenvalue weighted by Crippen LogP contribution is 2.10. The number of hydrogen-bond acceptors (Lipinski definition) is 2. The van der Waals surface area contributed by atoms with E-state index in [1.165, 1.54) is 5.56 Å². The maximum Gasteiger partial charge on any atom is 0.113 e. The quantitative estimate of drug-likeness (QED) is 0.795. The van der Waals surface area contributed by atoms with Crippen LogP contribution in [0.4, 0.5) is 0 Å². The van der Waals surface area contributed by atoms with E-state index in [1.54, 1.807) is 0 Å². The first-order chi connectivity index (χ1) is 6.81. The van der Waals surface area contributed by atoms with Crippen molar-refractivity contribution in [1.82, 2.24) is 9.38 Å². The molecule has 0 radical (unpaired) electrons. The summed E-state index contributed by atoms with van der Waals surface area (Å²) in [5.41, 5.74) is 7.91. The maximum atomic E-state index is 5.48. The maximum absolute atomic E-state index is 5.48. The van der Waals surface area contributed by atoms with Gasteiger partial charge >= 0.3 is 0 Å². The molecule has 0 saturated heterocycles.